The van der Waals surface area contributed by atoms with Crippen LogP contribution in [0, 0.1) is 0 Å². The summed E-state index contributed by atoms with van der Waals surface area (Å²) in [6.45, 7) is 2.05. The highest BCUT2D eigenvalue weighted by atomic mass is 79.9. The van der Waals surface area contributed by atoms with Crippen LogP contribution in [0.2, 0.25) is 0 Å². The predicted octanol–water partition coefficient (Wildman–Crippen LogP) is 2.61. The van der Waals surface area contributed by atoms with Crippen LogP contribution in [0.15, 0.2) is 22.7 Å². The minimum absolute atomic E-state index is 0.0172. The number of phenols is 1. The van der Waals surface area contributed by atoms with Crippen LogP contribution < -0.4 is 11.1 Å². The number of halogens is 1. The van der Waals surface area contributed by atoms with Crippen molar-refractivity contribution in [3.63, 3.8) is 0 Å². The Morgan fingerprint density at radius 3 is 2.94 bits per heavy atom. The average Bonchev–Trinajstić information content (AvgIpc) is 2.31. The molecule has 5 heteroatoms. The van der Waals surface area contributed by atoms with Crippen LogP contribution in [0.5, 0.6) is 5.75 Å². The van der Waals surface area contributed by atoms with Crippen LogP contribution in [0.25, 0.3) is 0 Å². The molecule has 0 aromatic heterocycles. The Morgan fingerprint density at radius 1 is 1.59 bits per heavy atom. The highest BCUT2D eigenvalue weighted by Gasteiger charge is 2.15. The minimum Gasteiger partial charge on any atom is -0.505 e. The molecule has 1 rings (SSSR count). The molecule has 17 heavy (non-hydrogen) atoms. The van der Waals surface area contributed by atoms with Crippen molar-refractivity contribution in [2.75, 3.05) is 5.32 Å². The van der Waals surface area contributed by atoms with Gasteiger partial charge in [0.2, 0.25) is 5.91 Å². The van der Waals surface area contributed by atoms with Gasteiger partial charge >= 0.3 is 0 Å². The second-order valence-corrected chi connectivity index (χ2v) is 4.73. The van der Waals surface area contributed by atoms with E-state index in [1.54, 1.807) is 18.2 Å². The van der Waals surface area contributed by atoms with Crippen molar-refractivity contribution in [2.45, 2.75) is 32.2 Å². The normalized spacial score (nSPS) is 12.2. The minimum atomic E-state index is -0.534. The van der Waals surface area contributed by atoms with E-state index >= 15 is 0 Å². The molecular weight excluding hydrogens is 284 g/mol. The smallest absolute Gasteiger partial charge is 0.241 e. The molecule has 0 saturated carbocycles. The van der Waals surface area contributed by atoms with E-state index in [0.717, 1.165) is 12.8 Å². The number of para-hydroxylation sites is 1. The van der Waals surface area contributed by atoms with E-state index < -0.39 is 6.04 Å². The summed E-state index contributed by atoms with van der Waals surface area (Å²) < 4.78 is 0.539. The summed E-state index contributed by atoms with van der Waals surface area (Å²) in [5.74, 6) is -0.254. The monoisotopic (exact) mass is 300 g/mol. The highest BCUT2D eigenvalue weighted by Crippen LogP contribution is 2.31. The number of phenolic OH excluding ortho intramolecular Hbond substituents is 1. The van der Waals surface area contributed by atoms with E-state index in [1.807, 2.05) is 6.92 Å². The summed E-state index contributed by atoms with van der Waals surface area (Å²) >= 11 is 3.18. The molecule has 1 aromatic carbocycles. The Hall–Kier alpha value is -1.07. The number of carbonyl (C=O) groups is 1. The van der Waals surface area contributed by atoms with Gasteiger partial charge in [-0.3, -0.25) is 4.79 Å². The van der Waals surface area contributed by atoms with Crippen LogP contribution >= 0.6 is 15.9 Å². The van der Waals surface area contributed by atoms with Crippen molar-refractivity contribution >= 4 is 27.5 Å². The molecule has 0 heterocycles. The van der Waals surface area contributed by atoms with Crippen molar-refractivity contribution < 1.29 is 9.90 Å². The summed E-state index contributed by atoms with van der Waals surface area (Å²) in [6, 6.07) is 4.53. The lowest BCUT2D eigenvalue weighted by Crippen LogP contribution is -2.35. The van der Waals surface area contributed by atoms with Crippen molar-refractivity contribution in [3.05, 3.63) is 22.7 Å². The molecule has 1 aromatic rings. The van der Waals surface area contributed by atoms with Crippen LogP contribution in [0.3, 0.4) is 0 Å². The first-order valence-corrected chi connectivity index (χ1v) is 6.39. The maximum absolute atomic E-state index is 11.7. The Bertz CT molecular complexity index is 396. The lowest BCUT2D eigenvalue weighted by Gasteiger charge is -2.13. The fourth-order valence-electron chi connectivity index (χ4n) is 1.40. The van der Waals surface area contributed by atoms with E-state index in [-0.39, 0.29) is 11.7 Å². The number of aromatic hydroxyl groups is 1. The van der Waals surface area contributed by atoms with Gasteiger partial charge in [-0.05, 0) is 34.5 Å². The SMILES string of the molecule is CCCC[C@H](N)C(=O)Nc1cccc(Br)c1O. The number of unbranched alkanes of at least 4 members (excludes halogenated alkanes) is 1. The summed E-state index contributed by atoms with van der Waals surface area (Å²) in [4.78, 5) is 11.7. The van der Waals surface area contributed by atoms with E-state index in [2.05, 4.69) is 21.2 Å². The predicted molar refractivity (Wildman–Crippen MR) is 71.9 cm³/mol. The molecule has 0 fully saturated rings. The van der Waals surface area contributed by atoms with Crippen LogP contribution in [0.4, 0.5) is 5.69 Å². The molecule has 0 saturated heterocycles. The maximum atomic E-state index is 11.7. The Balaban J connectivity index is 2.64. The number of anilines is 1. The fraction of sp³-hybridized carbons (Fsp3) is 0.417. The summed E-state index contributed by atoms with van der Waals surface area (Å²) in [7, 11) is 0. The topological polar surface area (TPSA) is 75.4 Å². The number of hydrogen-bond donors (Lipinski definition) is 3. The zero-order chi connectivity index (χ0) is 12.8. The third-order valence-corrected chi connectivity index (χ3v) is 3.09. The highest BCUT2D eigenvalue weighted by molar-refractivity contribution is 9.10. The van der Waals surface area contributed by atoms with Gasteiger partial charge in [0, 0.05) is 0 Å². The lowest BCUT2D eigenvalue weighted by atomic mass is 10.1. The van der Waals surface area contributed by atoms with Crippen molar-refractivity contribution in [1.82, 2.24) is 0 Å². The number of amides is 1. The second kappa shape index (κ2) is 6.61. The molecule has 0 aliphatic rings. The lowest BCUT2D eigenvalue weighted by molar-refractivity contribution is -0.117. The van der Waals surface area contributed by atoms with E-state index in [1.165, 1.54) is 0 Å². The van der Waals surface area contributed by atoms with Crippen LogP contribution in [0.1, 0.15) is 26.2 Å². The number of benzene rings is 1. The van der Waals surface area contributed by atoms with Crippen molar-refractivity contribution in [1.29, 1.82) is 0 Å². The fourth-order valence-corrected chi connectivity index (χ4v) is 1.76. The van der Waals surface area contributed by atoms with Gasteiger partial charge in [-0.1, -0.05) is 25.8 Å². The van der Waals surface area contributed by atoms with Crippen molar-refractivity contribution in [3.8, 4) is 5.75 Å². The third kappa shape index (κ3) is 4.02. The van der Waals surface area contributed by atoms with Gasteiger partial charge < -0.3 is 16.2 Å². The van der Waals surface area contributed by atoms with Gasteiger partial charge in [0.15, 0.2) is 5.75 Å². The van der Waals surface area contributed by atoms with Gasteiger partial charge in [-0.15, -0.1) is 0 Å². The summed E-state index contributed by atoms with van der Waals surface area (Å²) in [6.07, 6.45) is 2.57. The standard InChI is InChI=1S/C12H17BrN2O2/c1-2-3-6-9(14)12(17)15-10-7-4-5-8(13)11(10)16/h4-5,7,9,16H,2-3,6,14H2,1H3,(H,15,17)/t9-/m0/s1. The van der Waals surface area contributed by atoms with Crippen molar-refractivity contribution in [2.24, 2.45) is 5.73 Å². The van der Waals surface area contributed by atoms with Gasteiger partial charge in [0.05, 0.1) is 16.2 Å². The van der Waals surface area contributed by atoms with Gasteiger partial charge in [-0.25, -0.2) is 0 Å². The number of carbonyl (C=O) groups excluding carboxylic acids is 1. The molecule has 0 aliphatic heterocycles. The Morgan fingerprint density at radius 2 is 2.29 bits per heavy atom. The molecular formula is C12H17BrN2O2. The van der Waals surface area contributed by atoms with Gasteiger partial charge in [0.1, 0.15) is 0 Å². The molecule has 0 unspecified atom stereocenters. The number of rotatable bonds is 5. The van der Waals surface area contributed by atoms with Gasteiger partial charge in [-0.2, -0.15) is 0 Å². The first kappa shape index (κ1) is 14.0. The largest absolute Gasteiger partial charge is 0.505 e. The van der Waals surface area contributed by atoms with Crippen LogP contribution in [-0.2, 0) is 4.79 Å². The molecule has 1 atom stereocenters. The van der Waals surface area contributed by atoms with Crippen LogP contribution in [-0.4, -0.2) is 17.1 Å². The molecule has 1 amide bonds. The first-order chi connectivity index (χ1) is 8.06. The molecule has 0 radical (unpaired) electrons. The van der Waals surface area contributed by atoms with Gasteiger partial charge in [0.25, 0.3) is 0 Å². The Labute approximate surface area is 109 Å². The van der Waals surface area contributed by atoms with E-state index in [9.17, 15) is 9.90 Å². The molecule has 0 spiro atoms. The second-order valence-electron chi connectivity index (χ2n) is 3.87. The van der Waals surface area contributed by atoms with E-state index in [0.29, 0.717) is 16.6 Å². The molecule has 94 valence electrons. The molecule has 4 N–H and O–H groups in total. The zero-order valence-electron chi connectivity index (χ0n) is 9.74. The number of nitrogens with two attached hydrogens (primary N) is 1. The average molecular weight is 301 g/mol. The number of nitrogens with one attached hydrogen (secondary N) is 1. The molecule has 4 nitrogen and oxygen atoms in total. The van der Waals surface area contributed by atoms with E-state index in [4.69, 9.17) is 5.73 Å². The maximum Gasteiger partial charge on any atom is 0.241 e. The quantitative estimate of drug-likeness (QED) is 0.732. The zero-order valence-corrected chi connectivity index (χ0v) is 11.3. The first-order valence-electron chi connectivity index (χ1n) is 5.60. The third-order valence-electron chi connectivity index (χ3n) is 2.45. The summed E-state index contributed by atoms with van der Waals surface area (Å²) in [5, 5.41) is 12.3. The molecule has 0 aliphatic carbocycles. The molecule has 0 bridgehead atoms. The Kier molecular flexibility index (Phi) is 5.44. The summed E-state index contributed by atoms with van der Waals surface area (Å²) in [5.41, 5.74) is 6.11. The number of hydrogen-bond acceptors (Lipinski definition) is 3.